The molecule has 6 nitrogen and oxygen atoms in total. The van der Waals surface area contributed by atoms with Gasteiger partial charge in [0, 0.05) is 45.5 Å². The summed E-state index contributed by atoms with van der Waals surface area (Å²) in [7, 11) is 5.58. The van der Waals surface area contributed by atoms with E-state index in [4.69, 9.17) is 9.47 Å². The molecule has 1 fully saturated rings. The van der Waals surface area contributed by atoms with E-state index in [1.54, 1.807) is 7.11 Å². The Morgan fingerprint density at radius 2 is 1.97 bits per heavy atom. The van der Waals surface area contributed by atoms with Crippen molar-refractivity contribution in [1.82, 2.24) is 10.2 Å². The number of ether oxygens (including phenoxy) is 2. The first-order chi connectivity index (χ1) is 14.2. The van der Waals surface area contributed by atoms with Gasteiger partial charge >= 0.3 is 0 Å². The first kappa shape index (κ1) is 20.8. The molecule has 0 bridgehead atoms. The van der Waals surface area contributed by atoms with Crippen LogP contribution < -0.4 is 19.7 Å². The molecule has 3 rings (SSSR count). The number of nitrogens with one attached hydrogen (secondary N) is 1. The van der Waals surface area contributed by atoms with Crippen LogP contribution in [0.5, 0.6) is 11.5 Å². The third-order valence-electron chi connectivity index (χ3n) is 5.27. The molecule has 0 amide bonds. The van der Waals surface area contributed by atoms with Gasteiger partial charge in [0.25, 0.3) is 0 Å². The summed E-state index contributed by atoms with van der Waals surface area (Å²) in [5.74, 6) is 3.30. The molecule has 0 saturated carbocycles. The van der Waals surface area contributed by atoms with Gasteiger partial charge in [-0.25, -0.2) is 0 Å². The standard InChI is InChI=1S/C23H32N4O2/c1-24-23(26(2)14-15-29-21-9-5-4-6-10-21)25-17-19-12-13-27(18-19)20-8-7-11-22(16-20)28-3/h4-11,16,19H,12-15,17-18H2,1-3H3,(H,24,25). The van der Waals surface area contributed by atoms with Crippen molar-refractivity contribution >= 4 is 11.6 Å². The predicted molar refractivity (Wildman–Crippen MR) is 119 cm³/mol. The molecule has 1 aliphatic rings. The van der Waals surface area contributed by atoms with Crippen molar-refractivity contribution in [2.75, 3.05) is 58.9 Å². The summed E-state index contributed by atoms with van der Waals surface area (Å²) in [6.45, 7) is 4.41. The van der Waals surface area contributed by atoms with Gasteiger partial charge in [0.1, 0.15) is 18.1 Å². The number of benzene rings is 2. The van der Waals surface area contributed by atoms with Crippen molar-refractivity contribution < 1.29 is 9.47 Å². The molecule has 6 heteroatoms. The molecule has 29 heavy (non-hydrogen) atoms. The van der Waals surface area contributed by atoms with E-state index in [0.29, 0.717) is 12.5 Å². The Hall–Kier alpha value is -2.89. The molecule has 0 spiro atoms. The van der Waals surface area contributed by atoms with Crippen LogP contribution in [0.3, 0.4) is 0 Å². The summed E-state index contributed by atoms with van der Waals surface area (Å²) in [6, 6.07) is 18.2. The number of nitrogens with zero attached hydrogens (tertiary/aromatic N) is 3. The second-order valence-corrected chi connectivity index (χ2v) is 7.31. The summed E-state index contributed by atoms with van der Waals surface area (Å²) >= 11 is 0. The van der Waals surface area contributed by atoms with Crippen LogP contribution in [0.25, 0.3) is 0 Å². The van der Waals surface area contributed by atoms with Crippen molar-refractivity contribution in [2.24, 2.45) is 10.9 Å². The van der Waals surface area contributed by atoms with Crippen molar-refractivity contribution in [3.05, 3.63) is 54.6 Å². The van der Waals surface area contributed by atoms with Crippen LogP contribution in [0.1, 0.15) is 6.42 Å². The molecule has 156 valence electrons. The lowest BCUT2D eigenvalue weighted by atomic mass is 10.1. The summed E-state index contributed by atoms with van der Waals surface area (Å²) in [6.07, 6.45) is 1.17. The molecule has 1 N–H and O–H groups in total. The number of rotatable bonds is 8. The van der Waals surface area contributed by atoms with E-state index in [1.807, 2.05) is 56.6 Å². The molecule has 1 saturated heterocycles. The lowest BCUT2D eigenvalue weighted by Crippen LogP contribution is -2.43. The van der Waals surface area contributed by atoms with Gasteiger partial charge < -0.3 is 24.6 Å². The molecule has 0 radical (unpaired) electrons. The third-order valence-corrected chi connectivity index (χ3v) is 5.27. The zero-order valence-corrected chi connectivity index (χ0v) is 17.7. The summed E-state index contributed by atoms with van der Waals surface area (Å²) in [5.41, 5.74) is 1.23. The predicted octanol–water partition coefficient (Wildman–Crippen LogP) is 3.11. The van der Waals surface area contributed by atoms with E-state index >= 15 is 0 Å². The molecule has 1 atom stereocenters. The molecular weight excluding hydrogens is 364 g/mol. The number of guanidine groups is 1. The van der Waals surface area contributed by atoms with Gasteiger partial charge in [-0.1, -0.05) is 24.3 Å². The second-order valence-electron chi connectivity index (χ2n) is 7.31. The minimum Gasteiger partial charge on any atom is -0.497 e. The van der Waals surface area contributed by atoms with E-state index in [0.717, 1.165) is 43.6 Å². The van der Waals surface area contributed by atoms with Crippen LogP contribution in [0.2, 0.25) is 0 Å². The van der Waals surface area contributed by atoms with Crippen molar-refractivity contribution in [3.63, 3.8) is 0 Å². The Labute approximate surface area is 174 Å². The maximum atomic E-state index is 5.79. The Bertz CT molecular complexity index is 781. The minimum absolute atomic E-state index is 0.590. The van der Waals surface area contributed by atoms with Crippen LogP contribution in [-0.4, -0.2) is 64.9 Å². The van der Waals surface area contributed by atoms with Crippen LogP contribution in [0.15, 0.2) is 59.6 Å². The largest absolute Gasteiger partial charge is 0.497 e. The fourth-order valence-electron chi connectivity index (χ4n) is 3.58. The van der Waals surface area contributed by atoms with Gasteiger partial charge in [0.2, 0.25) is 0 Å². The van der Waals surface area contributed by atoms with Crippen LogP contribution in [0, 0.1) is 5.92 Å². The van der Waals surface area contributed by atoms with Crippen molar-refractivity contribution in [2.45, 2.75) is 6.42 Å². The number of methoxy groups -OCH3 is 1. The van der Waals surface area contributed by atoms with Gasteiger partial charge in [-0.3, -0.25) is 4.99 Å². The Morgan fingerprint density at radius 3 is 2.72 bits per heavy atom. The highest BCUT2D eigenvalue weighted by atomic mass is 16.5. The highest BCUT2D eigenvalue weighted by molar-refractivity contribution is 5.79. The molecule has 1 heterocycles. The fraction of sp³-hybridized carbons (Fsp3) is 0.435. The maximum Gasteiger partial charge on any atom is 0.193 e. The average Bonchev–Trinajstić information content (AvgIpc) is 3.24. The Morgan fingerprint density at radius 1 is 1.17 bits per heavy atom. The number of hydrogen-bond donors (Lipinski definition) is 1. The molecule has 2 aromatic rings. The smallest absolute Gasteiger partial charge is 0.193 e. The van der Waals surface area contributed by atoms with Gasteiger partial charge in [-0.2, -0.15) is 0 Å². The van der Waals surface area contributed by atoms with E-state index in [-0.39, 0.29) is 0 Å². The van der Waals surface area contributed by atoms with Crippen molar-refractivity contribution in [1.29, 1.82) is 0 Å². The van der Waals surface area contributed by atoms with E-state index in [1.165, 1.54) is 12.1 Å². The number of para-hydroxylation sites is 1. The zero-order chi connectivity index (χ0) is 20.5. The highest BCUT2D eigenvalue weighted by Gasteiger charge is 2.23. The second kappa shape index (κ2) is 10.6. The van der Waals surface area contributed by atoms with Gasteiger partial charge in [-0.15, -0.1) is 0 Å². The van der Waals surface area contributed by atoms with Gasteiger partial charge in [-0.05, 0) is 36.6 Å². The molecule has 1 aliphatic heterocycles. The van der Waals surface area contributed by atoms with Crippen molar-refractivity contribution in [3.8, 4) is 11.5 Å². The summed E-state index contributed by atoms with van der Waals surface area (Å²) in [4.78, 5) is 8.95. The maximum absolute atomic E-state index is 5.79. The summed E-state index contributed by atoms with van der Waals surface area (Å²) < 4.78 is 11.1. The van der Waals surface area contributed by atoms with E-state index < -0.39 is 0 Å². The Kier molecular flexibility index (Phi) is 7.61. The number of hydrogen-bond acceptors (Lipinski definition) is 4. The SMILES string of the molecule is CN=C(NCC1CCN(c2cccc(OC)c2)C1)N(C)CCOc1ccccc1. The lowest BCUT2D eigenvalue weighted by Gasteiger charge is -2.24. The minimum atomic E-state index is 0.590. The number of anilines is 1. The molecule has 0 aromatic heterocycles. The molecular formula is C23H32N4O2. The average molecular weight is 397 g/mol. The zero-order valence-electron chi connectivity index (χ0n) is 17.7. The molecule has 0 aliphatic carbocycles. The molecule has 1 unspecified atom stereocenters. The topological polar surface area (TPSA) is 49.3 Å². The fourth-order valence-corrected chi connectivity index (χ4v) is 3.58. The van der Waals surface area contributed by atoms with Crippen LogP contribution in [0.4, 0.5) is 5.69 Å². The summed E-state index contributed by atoms with van der Waals surface area (Å²) in [5, 5.41) is 3.52. The first-order valence-electron chi connectivity index (χ1n) is 10.2. The van der Waals surface area contributed by atoms with E-state index in [2.05, 4.69) is 32.2 Å². The van der Waals surface area contributed by atoms with Crippen LogP contribution in [-0.2, 0) is 0 Å². The molecule has 2 aromatic carbocycles. The van der Waals surface area contributed by atoms with Gasteiger partial charge in [0.15, 0.2) is 5.96 Å². The highest BCUT2D eigenvalue weighted by Crippen LogP contribution is 2.26. The normalized spacial score (nSPS) is 16.6. The third kappa shape index (κ3) is 6.04. The Balaban J connectivity index is 1.42. The van der Waals surface area contributed by atoms with Crippen LogP contribution >= 0.6 is 0 Å². The lowest BCUT2D eigenvalue weighted by molar-refractivity contribution is 0.281. The number of aliphatic imine (C=N–C) groups is 1. The monoisotopic (exact) mass is 396 g/mol. The van der Waals surface area contributed by atoms with E-state index in [9.17, 15) is 0 Å². The van der Waals surface area contributed by atoms with Gasteiger partial charge in [0.05, 0.1) is 13.7 Å². The first-order valence-corrected chi connectivity index (χ1v) is 10.2. The quantitative estimate of drug-likeness (QED) is 0.549. The number of likely N-dealkylation sites (N-methyl/N-ethyl adjacent to an activating group) is 1.